The number of carboxylic acids is 1. The molecule has 0 radical (unpaired) electrons. The number of hydrogen-bond acceptors (Lipinski definition) is 2. The summed E-state index contributed by atoms with van der Waals surface area (Å²) < 4.78 is 0. The summed E-state index contributed by atoms with van der Waals surface area (Å²) in [5.41, 5.74) is -0.278. The van der Waals surface area contributed by atoms with E-state index in [1.54, 1.807) is 0 Å². The maximum absolute atomic E-state index is 11.4. The Morgan fingerprint density at radius 2 is 1.04 bits per heavy atom. The molecule has 0 aromatic rings. The van der Waals surface area contributed by atoms with Crippen LogP contribution in [0.2, 0.25) is 0 Å². The molecule has 3 heteroatoms. The van der Waals surface area contributed by atoms with Gasteiger partial charge >= 0.3 is 5.97 Å². The fourth-order valence-electron chi connectivity index (χ4n) is 2.75. The molecule has 0 aromatic heterocycles. The molecule has 0 bridgehead atoms. The molecular formula is C20H36O3. The third-order valence-electron chi connectivity index (χ3n) is 4.35. The Labute approximate surface area is 142 Å². The predicted molar refractivity (Wildman–Crippen MR) is 96.7 cm³/mol. The highest BCUT2D eigenvalue weighted by molar-refractivity contribution is 6.15. The van der Waals surface area contributed by atoms with Crippen molar-refractivity contribution in [1.29, 1.82) is 0 Å². The van der Waals surface area contributed by atoms with Gasteiger partial charge in [0.1, 0.15) is 0 Å². The first kappa shape index (κ1) is 21.9. The molecule has 134 valence electrons. The average Bonchev–Trinajstić information content (AvgIpc) is 2.54. The van der Waals surface area contributed by atoms with E-state index < -0.39 is 5.97 Å². The van der Waals surface area contributed by atoms with Gasteiger partial charge in [-0.25, -0.2) is 4.79 Å². The highest BCUT2D eigenvalue weighted by Crippen LogP contribution is 2.13. The van der Waals surface area contributed by atoms with Crippen molar-refractivity contribution in [2.45, 2.75) is 103 Å². The summed E-state index contributed by atoms with van der Waals surface area (Å²) in [5.74, 6) is -1.52. The van der Waals surface area contributed by atoms with E-state index in [9.17, 15) is 9.59 Å². The van der Waals surface area contributed by atoms with Crippen molar-refractivity contribution in [2.75, 3.05) is 0 Å². The second-order valence-electron chi connectivity index (χ2n) is 6.55. The van der Waals surface area contributed by atoms with Crippen LogP contribution >= 0.6 is 0 Å². The third kappa shape index (κ3) is 14.2. The van der Waals surface area contributed by atoms with Gasteiger partial charge in [0.2, 0.25) is 0 Å². The van der Waals surface area contributed by atoms with Gasteiger partial charge in [0, 0.05) is 6.42 Å². The van der Waals surface area contributed by atoms with Gasteiger partial charge in [0.05, 0.1) is 5.57 Å². The topological polar surface area (TPSA) is 54.4 Å². The Hall–Kier alpha value is -1.12. The number of unbranched alkanes of at least 4 members (excludes halogenated alkanes) is 13. The molecule has 0 aliphatic carbocycles. The summed E-state index contributed by atoms with van der Waals surface area (Å²) in [7, 11) is 0. The van der Waals surface area contributed by atoms with Gasteiger partial charge in [-0.15, -0.1) is 0 Å². The summed E-state index contributed by atoms with van der Waals surface area (Å²) in [5, 5.41) is 8.65. The van der Waals surface area contributed by atoms with Crippen molar-refractivity contribution in [2.24, 2.45) is 0 Å². The summed E-state index contributed by atoms with van der Waals surface area (Å²) in [4.78, 5) is 22.0. The number of carbonyl (C=O) groups excluding carboxylic acids is 1. The van der Waals surface area contributed by atoms with Crippen LogP contribution in [0.3, 0.4) is 0 Å². The fourth-order valence-corrected chi connectivity index (χ4v) is 2.75. The van der Waals surface area contributed by atoms with Crippen molar-refractivity contribution < 1.29 is 14.7 Å². The van der Waals surface area contributed by atoms with Crippen LogP contribution < -0.4 is 0 Å². The monoisotopic (exact) mass is 324 g/mol. The average molecular weight is 325 g/mol. The SMILES string of the molecule is C=C(C(=O)O)C(=O)CCCCCCCCCCCCCCCC. The van der Waals surface area contributed by atoms with Gasteiger partial charge in [-0.1, -0.05) is 97.0 Å². The first-order valence-corrected chi connectivity index (χ1v) is 9.55. The normalized spacial score (nSPS) is 10.7. The van der Waals surface area contributed by atoms with E-state index in [0.717, 1.165) is 19.3 Å². The number of hydrogen-bond donors (Lipinski definition) is 1. The third-order valence-corrected chi connectivity index (χ3v) is 4.35. The van der Waals surface area contributed by atoms with Gasteiger partial charge in [-0.3, -0.25) is 4.79 Å². The van der Waals surface area contributed by atoms with Crippen LogP contribution in [0.15, 0.2) is 12.2 Å². The van der Waals surface area contributed by atoms with Crippen LogP contribution in [0.5, 0.6) is 0 Å². The molecule has 1 N–H and O–H groups in total. The van der Waals surface area contributed by atoms with Gasteiger partial charge in [0.15, 0.2) is 5.78 Å². The zero-order valence-electron chi connectivity index (χ0n) is 15.1. The summed E-state index contributed by atoms with van der Waals surface area (Å²) in [6, 6.07) is 0. The van der Waals surface area contributed by atoms with Crippen LogP contribution in [0, 0.1) is 0 Å². The Bertz CT molecular complexity index is 334. The molecule has 0 rings (SSSR count). The molecular weight excluding hydrogens is 288 g/mol. The molecule has 0 spiro atoms. The Balaban J connectivity index is 3.21. The number of ketones is 1. The van der Waals surface area contributed by atoms with E-state index in [4.69, 9.17) is 5.11 Å². The number of Topliss-reactive ketones (excluding diaryl/α,β-unsaturated/α-hetero) is 1. The van der Waals surface area contributed by atoms with E-state index >= 15 is 0 Å². The largest absolute Gasteiger partial charge is 0.478 e. The Kier molecular flexibility index (Phi) is 15.0. The van der Waals surface area contributed by atoms with Gasteiger partial charge in [-0.05, 0) is 6.42 Å². The van der Waals surface area contributed by atoms with Gasteiger partial charge < -0.3 is 5.11 Å². The first-order valence-electron chi connectivity index (χ1n) is 9.55. The molecule has 0 atom stereocenters. The highest BCUT2D eigenvalue weighted by Gasteiger charge is 2.13. The quantitative estimate of drug-likeness (QED) is 0.153. The zero-order chi connectivity index (χ0) is 17.3. The molecule has 0 unspecified atom stereocenters. The van der Waals surface area contributed by atoms with E-state index in [0.29, 0.717) is 6.42 Å². The van der Waals surface area contributed by atoms with Crippen molar-refractivity contribution in [3.05, 3.63) is 12.2 Å². The summed E-state index contributed by atoms with van der Waals surface area (Å²) in [6.45, 7) is 5.54. The maximum atomic E-state index is 11.4. The van der Waals surface area contributed by atoms with Crippen LogP contribution in [0.4, 0.5) is 0 Å². The summed E-state index contributed by atoms with van der Waals surface area (Å²) in [6.07, 6.45) is 18.1. The van der Waals surface area contributed by atoms with Gasteiger partial charge in [-0.2, -0.15) is 0 Å². The molecule has 0 heterocycles. The fraction of sp³-hybridized carbons (Fsp3) is 0.800. The Morgan fingerprint density at radius 1 is 0.696 bits per heavy atom. The van der Waals surface area contributed by atoms with Crippen LogP contribution in [0.1, 0.15) is 103 Å². The molecule has 0 amide bonds. The number of carboxylic acid groups (broad SMARTS) is 1. The molecule has 0 fully saturated rings. The molecule has 3 nitrogen and oxygen atoms in total. The molecule has 0 aliphatic rings. The van der Waals surface area contributed by atoms with Gasteiger partial charge in [0.25, 0.3) is 0 Å². The first-order chi connectivity index (χ1) is 11.1. The molecule has 23 heavy (non-hydrogen) atoms. The van der Waals surface area contributed by atoms with Crippen molar-refractivity contribution >= 4 is 11.8 Å². The lowest BCUT2D eigenvalue weighted by Crippen LogP contribution is -2.10. The van der Waals surface area contributed by atoms with Crippen LogP contribution in [0.25, 0.3) is 0 Å². The number of aliphatic carboxylic acids is 1. The van der Waals surface area contributed by atoms with E-state index in [-0.39, 0.29) is 11.4 Å². The van der Waals surface area contributed by atoms with E-state index in [2.05, 4.69) is 13.5 Å². The second kappa shape index (κ2) is 15.8. The van der Waals surface area contributed by atoms with Crippen molar-refractivity contribution in [3.63, 3.8) is 0 Å². The minimum absolute atomic E-state index is 0.278. The van der Waals surface area contributed by atoms with Crippen molar-refractivity contribution in [3.8, 4) is 0 Å². The van der Waals surface area contributed by atoms with Crippen LogP contribution in [-0.2, 0) is 9.59 Å². The smallest absolute Gasteiger partial charge is 0.338 e. The highest BCUT2D eigenvalue weighted by atomic mass is 16.4. The lowest BCUT2D eigenvalue weighted by Gasteiger charge is -2.03. The Morgan fingerprint density at radius 3 is 1.39 bits per heavy atom. The standard InChI is InChI=1S/C20H36O3/c1-3-4-5-6-7-8-9-10-11-12-13-14-15-16-17-19(21)18(2)20(22)23/h2-17H2,1H3,(H,22,23). The number of carbonyl (C=O) groups is 2. The maximum Gasteiger partial charge on any atom is 0.338 e. The predicted octanol–water partition coefficient (Wildman–Crippen LogP) is 6.07. The molecule has 0 aliphatic heterocycles. The lowest BCUT2D eigenvalue weighted by molar-refractivity contribution is -0.134. The lowest BCUT2D eigenvalue weighted by atomic mass is 10.0. The van der Waals surface area contributed by atoms with Crippen molar-refractivity contribution in [1.82, 2.24) is 0 Å². The van der Waals surface area contributed by atoms with E-state index in [1.165, 1.54) is 70.6 Å². The molecule has 0 saturated carbocycles. The number of rotatable bonds is 17. The zero-order valence-corrected chi connectivity index (χ0v) is 15.1. The second-order valence-corrected chi connectivity index (χ2v) is 6.55. The summed E-state index contributed by atoms with van der Waals surface area (Å²) >= 11 is 0. The van der Waals surface area contributed by atoms with E-state index in [1.807, 2.05) is 0 Å². The molecule has 0 aromatic carbocycles. The minimum Gasteiger partial charge on any atom is -0.478 e. The van der Waals surface area contributed by atoms with Crippen LogP contribution in [-0.4, -0.2) is 16.9 Å². The molecule has 0 saturated heterocycles. The minimum atomic E-state index is -1.19.